The molecule has 22 heavy (non-hydrogen) atoms. The van der Waals surface area contributed by atoms with Crippen molar-refractivity contribution in [2.45, 2.75) is 82.5 Å². The third-order valence-corrected chi connectivity index (χ3v) is 8.08. The van der Waals surface area contributed by atoms with Gasteiger partial charge in [0.05, 0.1) is 22.9 Å². The summed E-state index contributed by atoms with van der Waals surface area (Å²) in [6, 6.07) is 0. The van der Waals surface area contributed by atoms with E-state index in [4.69, 9.17) is 0 Å². The first-order valence-corrected chi connectivity index (χ1v) is 11.9. The molecule has 1 N–H and O–H groups in total. The van der Waals surface area contributed by atoms with Gasteiger partial charge in [-0.1, -0.05) is 64.7 Å². The second kappa shape index (κ2) is 10.8. The second-order valence-electron chi connectivity index (χ2n) is 6.45. The molecule has 1 fully saturated rings. The van der Waals surface area contributed by atoms with Gasteiger partial charge in [-0.2, -0.15) is 0 Å². The molecule has 1 heterocycles. The fourth-order valence-corrected chi connectivity index (χ4v) is 7.13. The summed E-state index contributed by atoms with van der Waals surface area (Å²) in [5.74, 6) is 0.188. The zero-order valence-corrected chi connectivity index (χ0v) is 15.5. The molecule has 0 spiro atoms. The van der Waals surface area contributed by atoms with E-state index in [-0.39, 0.29) is 11.5 Å². The van der Waals surface area contributed by atoms with Gasteiger partial charge in [-0.3, -0.25) is 4.21 Å². The SMILES string of the molecule is CCCCCCCCCCCC[S@](=O)[C@H]1CS(=O)(=O)C[C@@H]1O. The smallest absolute Gasteiger partial charge is 0.154 e. The van der Waals surface area contributed by atoms with Crippen molar-refractivity contribution in [2.75, 3.05) is 17.3 Å². The topological polar surface area (TPSA) is 71.4 Å². The van der Waals surface area contributed by atoms with Gasteiger partial charge in [-0.15, -0.1) is 0 Å². The predicted octanol–water partition coefficient (Wildman–Crippen LogP) is 2.81. The van der Waals surface area contributed by atoms with Crippen molar-refractivity contribution in [3.05, 3.63) is 0 Å². The van der Waals surface area contributed by atoms with E-state index in [2.05, 4.69) is 6.92 Å². The minimum atomic E-state index is -3.19. The molecule has 0 unspecified atom stereocenters. The lowest BCUT2D eigenvalue weighted by atomic mass is 10.1. The van der Waals surface area contributed by atoms with Crippen LogP contribution in [-0.4, -0.2) is 46.3 Å². The number of aliphatic hydroxyl groups excluding tert-OH is 1. The van der Waals surface area contributed by atoms with Crippen LogP contribution in [0, 0.1) is 0 Å². The monoisotopic (exact) mass is 352 g/mol. The Morgan fingerprint density at radius 2 is 1.41 bits per heavy atom. The van der Waals surface area contributed by atoms with Gasteiger partial charge >= 0.3 is 0 Å². The highest BCUT2D eigenvalue weighted by Gasteiger charge is 2.39. The van der Waals surface area contributed by atoms with Gasteiger partial charge < -0.3 is 5.11 Å². The minimum Gasteiger partial charge on any atom is -0.391 e. The number of unbranched alkanes of at least 4 members (excludes halogenated alkanes) is 9. The van der Waals surface area contributed by atoms with Crippen LogP contribution in [0.1, 0.15) is 71.1 Å². The maximum atomic E-state index is 12.1. The molecule has 3 atom stereocenters. The lowest BCUT2D eigenvalue weighted by Gasteiger charge is -2.12. The molecule has 0 aromatic carbocycles. The van der Waals surface area contributed by atoms with Crippen LogP contribution in [0.25, 0.3) is 0 Å². The van der Waals surface area contributed by atoms with Crippen molar-refractivity contribution in [3.63, 3.8) is 0 Å². The Morgan fingerprint density at radius 1 is 0.909 bits per heavy atom. The van der Waals surface area contributed by atoms with Gasteiger partial charge in [-0.25, -0.2) is 8.42 Å². The molecule has 6 heteroatoms. The van der Waals surface area contributed by atoms with Gasteiger partial charge in [0.15, 0.2) is 9.84 Å². The molecule has 0 amide bonds. The van der Waals surface area contributed by atoms with Crippen LogP contribution in [0.4, 0.5) is 0 Å². The van der Waals surface area contributed by atoms with E-state index >= 15 is 0 Å². The molecule has 4 nitrogen and oxygen atoms in total. The fourth-order valence-electron chi connectivity index (χ4n) is 2.93. The van der Waals surface area contributed by atoms with Crippen molar-refractivity contribution < 1.29 is 17.7 Å². The lowest BCUT2D eigenvalue weighted by Crippen LogP contribution is -2.30. The Kier molecular flexibility index (Phi) is 9.84. The minimum absolute atomic E-state index is 0.113. The van der Waals surface area contributed by atoms with Crippen molar-refractivity contribution in [1.82, 2.24) is 0 Å². The summed E-state index contributed by atoms with van der Waals surface area (Å²) in [7, 11) is -4.40. The number of aliphatic hydroxyl groups is 1. The van der Waals surface area contributed by atoms with Crippen molar-refractivity contribution in [1.29, 1.82) is 0 Å². The normalized spacial score (nSPS) is 25.4. The number of rotatable bonds is 12. The maximum absolute atomic E-state index is 12.1. The standard InChI is InChI=1S/C16H32O4S2/c1-2-3-4-5-6-7-8-9-10-11-12-21(18)16-14-22(19,20)13-15(16)17/h15-17H,2-14H2,1H3/t15-,16-,21-/m0/s1. The van der Waals surface area contributed by atoms with E-state index in [1.54, 1.807) is 0 Å². The first kappa shape index (κ1) is 20.1. The molecule has 0 aromatic rings. The molecule has 0 bridgehead atoms. The lowest BCUT2D eigenvalue weighted by molar-refractivity contribution is 0.206. The van der Waals surface area contributed by atoms with Crippen molar-refractivity contribution in [3.8, 4) is 0 Å². The number of sulfone groups is 1. The molecule has 0 radical (unpaired) electrons. The third-order valence-electron chi connectivity index (χ3n) is 4.31. The highest BCUT2D eigenvalue weighted by molar-refractivity contribution is 7.94. The van der Waals surface area contributed by atoms with Crippen LogP contribution in [-0.2, 0) is 20.6 Å². The number of hydrogen-bond acceptors (Lipinski definition) is 4. The Balaban J connectivity index is 2.00. The van der Waals surface area contributed by atoms with Crippen molar-refractivity contribution >= 4 is 20.6 Å². The molecule has 1 saturated heterocycles. The summed E-state index contributed by atoms with van der Waals surface area (Å²) in [6.07, 6.45) is 11.3. The van der Waals surface area contributed by atoms with Gasteiger partial charge in [-0.05, 0) is 6.42 Å². The van der Waals surface area contributed by atoms with Crippen LogP contribution in [0.5, 0.6) is 0 Å². The third kappa shape index (κ3) is 8.06. The predicted molar refractivity (Wildman–Crippen MR) is 93.3 cm³/mol. The zero-order chi connectivity index (χ0) is 16.4. The largest absolute Gasteiger partial charge is 0.391 e. The van der Waals surface area contributed by atoms with E-state index in [9.17, 15) is 17.7 Å². The Morgan fingerprint density at radius 3 is 1.86 bits per heavy atom. The second-order valence-corrected chi connectivity index (χ2v) is 10.4. The maximum Gasteiger partial charge on any atom is 0.154 e. The first-order valence-electron chi connectivity index (χ1n) is 8.72. The summed E-state index contributed by atoms with van der Waals surface area (Å²) in [4.78, 5) is 0. The molecule has 1 rings (SSSR count). The van der Waals surface area contributed by atoms with Gasteiger partial charge in [0, 0.05) is 16.6 Å². The molecule has 0 aliphatic carbocycles. The van der Waals surface area contributed by atoms with Crippen molar-refractivity contribution in [2.24, 2.45) is 0 Å². The molecular weight excluding hydrogens is 320 g/mol. The van der Waals surface area contributed by atoms with Crippen LogP contribution in [0.2, 0.25) is 0 Å². The zero-order valence-electron chi connectivity index (χ0n) is 13.8. The summed E-state index contributed by atoms with van der Waals surface area (Å²) < 4.78 is 34.9. The average molecular weight is 353 g/mol. The molecule has 0 saturated carbocycles. The van der Waals surface area contributed by atoms with Crippen LogP contribution >= 0.6 is 0 Å². The average Bonchev–Trinajstić information content (AvgIpc) is 2.74. The summed E-state index contributed by atoms with van der Waals surface area (Å²) >= 11 is 0. The van der Waals surface area contributed by atoms with E-state index in [0.717, 1.165) is 19.3 Å². The molecule has 1 aliphatic rings. The quantitative estimate of drug-likeness (QED) is 0.548. The number of hydrogen-bond donors (Lipinski definition) is 1. The van der Waals surface area contributed by atoms with Gasteiger partial charge in [0.25, 0.3) is 0 Å². The Labute approximate surface area is 138 Å². The highest BCUT2D eigenvalue weighted by Crippen LogP contribution is 2.19. The first-order chi connectivity index (χ1) is 10.5. The van der Waals surface area contributed by atoms with Gasteiger partial charge in [0.1, 0.15) is 0 Å². The van der Waals surface area contributed by atoms with Crippen LogP contribution in [0.15, 0.2) is 0 Å². The Hall–Kier alpha value is 0.0600. The molecule has 1 aliphatic heterocycles. The summed E-state index contributed by atoms with van der Waals surface area (Å²) in [5.41, 5.74) is 0. The van der Waals surface area contributed by atoms with E-state index in [1.165, 1.54) is 44.9 Å². The van der Waals surface area contributed by atoms with E-state index in [1.807, 2.05) is 0 Å². The highest BCUT2D eigenvalue weighted by atomic mass is 32.2. The van der Waals surface area contributed by atoms with Crippen LogP contribution < -0.4 is 0 Å². The molecular formula is C16H32O4S2. The fraction of sp³-hybridized carbons (Fsp3) is 1.00. The van der Waals surface area contributed by atoms with E-state index in [0.29, 0.717) is 5.75 Å². The molecule has 132 valence electrons. The molecule has 0 aromatic heterocycles. The summed E-state index contributed by atoms with van der Waals surface area (Å²) in [5, 5.41) is 9.12. The van der Waals surface area contributed by atoms with E-state index < -0.39 is 32.0 Å². The summed E-state index contributed by atoms with van der Waals surface area (Å²) in [6.45, 7) is 2.23. The Bertz CT molecular complexity index is 420. The van der Waals surface area contributed by atoms with Gasteiger partial charge in [0.2, 0.25) is 0 Å². The van der Waals surface area contributed by atoms with Crippen LogP contribution in [0.3, 0.4) is 0 Å².